The Bertz CT molecular complexity index is 1060. The zero-order valence-electron chi connectivity index (χ0n) is 19.9. The predicted octanol–water partition coefficient (Wildman–Crippen LogP) is 5.61. The van der Waals surface area contributed by atoms with Gasteiger partial charge >= 0.3 is 0 Å². The summed E-state index contributed by atoms with van der Waals surface area (Å²) in [4.78, 5) is 22.3. The molecule has 0 atom stereocenters. The van der Waals surface area contributed by atoms with Gasteiger partial charge in [-0.05, 0) is 51.7 Å². The molecule has 2 heterocycles. The van der Waals surface area contributed by atoms with E-state index in [1.54, 1.807) is 4.90 Å². The summed E-state index contributed by atoms with van der Waals surface area (Å²) in [6.45, 7) is 4.51. The van der Waals surface area contributed by atoms with Crippen LogP contribution in [-0.2, 0) is 0 Å². The van der Waals surface area contributed by atoms with Gasteiger partial charge in [0.2, 0.25) is 6.79 Å². The average molecular weight is 506 g/mol. The summed E-state index contributed by atoms with van der Waals surface area (Å²) in [6, 6.07) is 11.3. The van der Waals surface area contributed by atoms with Gasteiger partial charge in [0.1, 0.15) is 5.75 Å². The Balaban J connectivity index is 0.00000324. The van der Waals surface area contributed by atoms with Crippen LogP contribution in [0.4, 0.5) is 5.13 Å². The summed E-state index contributed by atoms with van der Waals surface area (Å²) >= 11 is 1.49. The van der Waals surface area contributed by atoms with Gasteiger partial charge in [0, 0.05) is 24.2 Å². The number of hydrogen-bond donors (Lipinski definition) is 0. The molecule has 0 fully saturated rings. The molecule has 34 heavy (non-hydrogen) atoms. The number of aromatic nitrogens is 1. The molecule has 0 bridgehead atoms. The number of rotatable bonds is 11. The van der Waals surface area contributed by atoms with Crippen molar-refractivity contribution in [3.05, 3.63) is 42.0 Å². The lowest BCUT2D eigenvalue weighted by Gasteiger charge is -2.21. The van der Waals surface area contributed by atoms with Gasteiger partial charge in [-0.15, -0.1) is 12.4 Å². The number of fused-ring (bicyclic) bond motifs is 2. The third-order valence-electron chi connectivity index (χ3n) is 5.43. The first kappa shape index (κ1) is 26.1. The molecule has 0 aliphatic carbocycles. The number of unbranched alkanes of at least 4 members (excludes halogenated alkanes) is 2. The third kappa shape index (κ3) is 6.31. The van der Waals surface area contributed by atoms with Crippen molar-refractivity contribution in [3.8, 4) is 17.2 Å². The monoisotopic (exact) mass is 505 g/mol. The van der Waals surface area contributed by atoms with Crippen molar-refractivity contribution in [2.75, 3.05) is 45.5 Å². The van der Waals surface area contributed by atoms with Gasteiger partial charge in [0.05, 0.1) is 16.8 Å². The fraction of sp³-hybridized carbons (Fsp3) is 0.440. The molecule has 2 aromatic carbocycles. The van der Waals surface area contributed by atoms with Gasteiger partial charge in [-0.1, -0.05) is 37.2 Å². The molecule has 9 heteroatoms. The number of halogens is 1. The van der Waals surface area contributed by atoms with Crippen molar-refractivity contribution < 1.29 is 19.0 Å². The fourth-order valence-corrected chi connectivity index (χ4v) is 4.67. The molecule has 1 amide bonds. The zero-order chi connectivity index (χ0) is 23.2. The molecule has 7 nitrogen and oxygen atoms in total. The van der Waals surface area contributed by atoms with Crippen LogP contribution in [0, 0.1) is 0 Å². The van der Waals surface area contributed by atoms with Crippen LogP contribution in [0.25, 0.3) is 10.2 Å². The van der Waals surface area contributed by atoms with Crippen molar-refractivity contribution in [3.63, 3.8) is 0 Å². The predicted molar refractivity (Wildman–Crippen MR) is 139 cm³/mol. The van der Waals surface area contributed by atoms with Gasteiger partial charge in [-0.3, -0.25) is 9.69 Å². The lowest BCUT2D eigenvalue weighted by atomic mass is 10.2. The van der Waals surface area contributed by atoms with Crippen molar-refractivity contribution in [1.29, 1.82) is 0 Å². The minimum absolute atomic E-state index is 0. The average Bonchev–Trinajstić information content (AvgIpc) is 3.43. The van der Waals surface area contributed by atoms with Crippen LogP contribution in [0.3, 0.4) is 0 Å². The highest BCUT2D eigenvalue weighted by Gasteiger charge is 2.23. The highest BCUT2D eigenvalue weighted by Crippen LogP contribution is 2.40. The first-order valence-corrected chi connectivity index (χ1v) is 12.3. The number of thiazole rings is 1. The van der Waals surface area contributed by atoms with E-state index in [2.05, 4.69) is 11.8 Å². The Labute approximate surface area is 211 Å². The number of benzene rings is 2. The largest absolute Gasteiger partial charge is 0.494 e. The van der Waals surface area contributed by atoms with Crippen molar-refractivity contribution in [1.82, 2.24) is 9.88 Å². The minimum Gasteiger partial charge on any atom is -0.494 e. The highest BCUT2D eigenvalue weighted by molar-refractivity contribution is 7.22. The summed E-state index contributed by atoms with van der Waals surface area (Å²) < 4.78 is 17.8. The standard InChI is InChI=1S/C25H31N3O4S.ClH/c1-4-5-6-13-30-19-10-7-9-18(14-19)24(29)28(12-8-11-27(2)3)25-26-20-15-21-22(32-17-31-21)16-23(20)33-25;/h7,9-10,14-16H,4-6,8,11-13,17H2,1-3H3;1H. The maximum absolute atomic E-state index is 13.6. The summed E-state index contributed by atoms with van der Waals surface area (Å²) in [6.07, 6.45) is 4.13. The van der Waals surface area contributed by atoms with Crippen molar-refractivity contribution >= 4 is 45.0 Å². The second-order valence-electron chi connectivity index (χ2n) is 8.37. The molecule has 3 aromatic rings. The second kappa shape index (κ2) is 12.2. The highest BCUT2D eigenvalue weighted by atomic mass is 35.5. The van der Waals surface area contributed by atoms with Gasteiger partial charge in [0.15, 0.2) is 16.6 Å². The fourth-order valence-electron chi connectivity index (χ4n) is 3.67. The molecule has 4 rings (SSSR count). The van der Waals surface area contributed by atoms with E-state index in [0.717, 1.165) is 53.9 Å². The van der Waals surface area contributed by atoms with Gasteiger partial charge in [0.25, 0.3) is 5.91 Å². The number of carbonyl (C=O) groups is 1. The van der Waals surface area contributed by atoms with Crippen molar-refractivity contribution in [2.24, 2.45) is 0 Å². The van der Waals surface area contributed by atoms with Crippen LogP contribution in [0.5, 0.6) is 17.2 Å². The summed E-state index contributed by atoms with van der Waals surface area (Å²) in [7, 11) is 4.06. The Morgan fingerprint density at radius 3 is 2.65 bits per heavy atom. The Morgan fingerprint density at radius 2 is 1.88 bits per heavy atom. The van der Waals surface area contributed by atoms with Crippen LogP contribution in [-0.4, -0.2) is 56.4 Å². The summed E-state index contributed by atoms with van der Waals surface area (Å²) in [5, 5.41) is 0.673. The molecule has 0 N–H and O–H groups in total. The summed E-state index contributed by atoms with van der Waals surface area (Å²) in [5.41, 5.74) is 1.40. The normalized spacial score (nSPS) is 12.1. The Kier molecular flexibility index (Phi) is 9.38. The molecule has 0 saturated heterocycles. The van der Waals surface area contributed by atoms with E-state index in [9.17, 15) is 4.79 Å². The Hall–Kier alpha value is -2.55. The van der Waals surface area contributed by atoms with E-state index >= 15 is 0 Å². The molecule has 0 saturated carbocycles. The molecular weight excluding hydrogens is 474 g/mol. The SMILES string of the molecule is CCCCCOc1cccc(C(=O)N(CCCN(C)C)c2nc3cc4c(cc3s2)OCO4)c1.Cl. The maximum atomic E-state index is 13.6. The zero-order valence-corrected chi connectivity index (χ0v) is 21.5. The van der Waals surface area contributed by atoms with E-state index < -0.39 is 0 Å². The smallest absolute Gasteiger partial charge is 0.260 e. The van der Waals surface area contributed by atoms with E-state index in [1.807, 2.05) is 50.5 Å². The Morgan fingerprint density at radius 1 is 1.09 bits per heavy atom. The van der Waals surface area contributed by atoms with E-state index in [0.29, 0.717) is 29.6 Å². The van der Waals surface area contributed by atoms with E-state index in [1.165, 1.54) is 11.3 Å². The number of carbonyl (C=O) groups excluding carboxylic acids is 1. The number of anilines is 1. The second-order valence-corrected chi connectivity index (χ2v) is 9.38. The topological polar surface area (TPSA) is 64.1 Å². The van der Waals surface area contributed by atoms with Crippen LogP contribution >= 0.6 is 23.7 Å². The van der Waals surface area contributed by atoms with E-state index in [-0.39, 0.29) is 25.1 Å². The van der Waals surface area contributed by atoms with Crippen molar-refractivity contribution in [2.45, 2.75) is 32.6 Å². The molecule has 1 aliphatic heterocycles. The molecular formula is C25H32ClN3O4S. The number of hydrogen-bond acceptors (Lipinski definition) is 7. The van der Waals surface area contributed by atoms with Crippen LogP contribution in [0.15, 0.2) is 36.4 Å². The molecule has 0 spiro atoms. The molecule has 0 unspecified atom stereocenters. The number of ether oxygens (including phenoxy) is 3. The lowest BCUT2D eigenvalue weighted by Crippen LogP contribution is -2.33. The minimum atomic E-state index is -0.0770. The van der Waals surface area contributed by atoms with Gasteiger partial charge in [-0.25, -0.2) is 4.98 Å². The molecule has 184 valence electrons. The molecule has 1 aliphatic rings. The third-order valence-corrected chi connectivity index (χ3v) is 6.47. The van der Waals surface area contributed by atoms with Crippen LogP contribution < -0.4 is 19.1 Å². The first-order chi connectivity index (χ1) is 16.0. The molecule has 0 radical (unpaired) electrons. The molecule has 1 aromatic heterocycles. The summed E-state index contributed by atoms with van der Waals surface area (Å²) in [5.74, 6) is 2.06. The number of amides is 1. The maximum Gasteiger partial charge on any atom is 0.260 e. The first-order valence-electron chi connectivity index (χ1n) is 11.4. The van der Waals surface area contributed by atoms with Crippen LogP contribution in [0.1, 0.15) is 43.0 Å². The quantitative estimate of drug-likeness (QED) is 0.315. The van der Waals surface area contributed by atoms with E-state index in [4.69, 9.17) is 19.2 Å². The van der Waals surface area contributed by atoms with Gasteiger partial charge < -0.3 is 19.1 Å². The lowest BCUT2D eigenvalue weighted by molar-refractivity contribution is 0.0985. The van der Waals surface area contributed by atoms with Gasteiger partial charge in [-0.2, -0.15) is 0 Å². The number of nitrogens with zero attached hydrogens (tertiary/aromatic N) is 3. The van der Waals surface area contributed by atoms with Crippen LogP contribution in [0.2, 0.25) is 0 Å².